The van der Waals surface area contributed by atoms with Gasteiger partial charge in [0.2, 0.25) is 0 Å². The Morgan fingerprint density at radius 3 is 2.14 bits per heavy atom. The normalized spacial score (nSPS) is 10.9. The summed E-state index contributed by atoms with van der Waals surface area (Å²) in [6.45, 7) is 5.06. The van der Waals surface area contributed by atoms with E-state index < -0.39 is 17.5 Å². The lowest BCUT2D eigenvalue weighted by atomic mass is 10.0. The van der Waals surface area contributed by atoms with Crippen LogP contribution in [0.15, 0.2) is 6.07 Å². The minimum atomic E-state index is -1.28. The van der Waals surface area contributed by atoms with Gasteiger partial charge in [-0.1, -0.05) is 0 Å². The molecule has 1 aromatic carbocycles. The summed E-state index contributed by atoms with van der Waals surface area (Å²) in [5, 5.41) is 9.16. The molecule has 7 heteroatoms. The van der Waals surface area contributed by atoms with E-state index in [2.05, 4.69) is 0 Å². The Hall–Kier alpha value is -2.44. The molecule has 0 amide bonds. The molecule has 116 valence electrons. The maximum atomic E-state index is 12.3. The number of carbonyl (C=O) groups excluding carboxylic acids is 1. The van der Waals surface area contributed by atoms with Crippen LogP contribution in [0.25, 0.3) is 0 Å². The predicted octanol–water partition coefficient (Wildman–Crippen LogP) is 1.94. The second kappa shape index (κ2) is 5.90. The zero-order chi connectivity index (χ0) is 16.4. The number of hydrogen-bond acceptors (Lipinski definition) is 6. The number of carboxylic acid groups (broad SMARTS) is 1. The molecule has 0 saturated carbocycles. The van der Waals surface area contributed by atoms with E-state index in [1.54, 1.807) is 20.8 Å². The van der Waals surface area contributed by atoms with Crippen molar-refractivity contribution < 1.29 is 28.9 Å². The molecule has 7 nitrogen and oxygen atoms in total. The Morgan fingerprint density at radius 1 is 1.19 bits per heavy atom. The van der Waals surface area contributed by atoms with Gasteiger partial charge in [0.25, 0.3) is 0 Å². The van der Waals surface area contributed by atoms with E-state index in [1.165, 1.54) is 20.3 Å². The fourth-order valence-electron chi connectivity index (χ4n) is 1.72. The second-order valence-corrected chi connectivity index (χ2v) is 5.26. The van der Waals surface area contributed by atoms with Crippen LogP contribution in [-0.2, 0) is 4.74 Å². The van der Waals surface area contributed by atoms with Crippen LogP contribution in [0.5, 0.6) is 11.5 Å². The number of nitrogens with two attached hydrogens (primary N) is 1. The van der Waals surface area contributed by atoms with Crippen molar-refractivity contribution in [2.24, 2.45) is 0 Å². The molecule has 21 heavy (non-hydrogen) atoms. The van der Waals surface area contributed by atoms with Crippen LogP contribution in [0.1, 0.15) is 41.5 Å². The van der Waals surface area contributed by atoms with Crippen LogP contribution in [0.2, 0.25) is 0 Å². The van der Waals surface area contributed by atoms with Gasteiger partial charge in [-0.15, -0.1) is 0 Å². The largest absolute Gasteiger partial charge is 0.493 e. The molecule has 0 bridgehead atoms. The number of benzene rings is 1. The van der Waals surface area contributed by atoms with E-state index in [9.17, 15) is 9.59 Å². The Labute approximate surface area is 122 Å². The first kappa shape index (κ1) is 16.6. The van der Waals surface area contributed by atoms with E-state index in [1.807, 2.05) is 0 Å². The first-order chi connectivity index (χ1) is 9.62. The van der Waals surface area contributed by atoms with Crippen LogP contribution in [-0.4, -0.2) is 36.9 Å². The molecular formula is C14H19NO6. The molecule has 3 N–H and O–H groups in total. The average molecular weight is 297 g/mol. The SMILES string of the molecule is COc1cc(C(=O)O)c(N)c(C(=O)OC(C)(C)C)c1OC. The highest BCUT2D eigenvalue weighted by molar-refractivity contribution is 6.06. The minimum Gasteiger partial charge on any atom is -0.493 e. The maximum Gasteiger partial charge on any atom is 0.344 e. The summed E-state index contributed by atoms with van der Waals surface area (Å²) in [4.78, 5) is 23.5. The molecule has 0 saturated heterocycles. The molecule has 1 rings (SSSR count). The van der Waals surface area contributed by atoms with Crippen molar-refractivity contribution in [1.82, 2.24) is 0 Å². The molecule has 0 heterocycles. The van der Waals surface area contributed by atoms with Gasteiger partial charge in [0.1, 0.15) is 11.2 Å². The van der Waals surface area contributed by atoms with Gasteiger partial charge in [0.05, 0.1) is 25.5 Å². The van der Waals surface area contributed by atoms with Crippen molar-refractivity contribution in [2.75, 3.05) is 20.0 Å². The quantitative estimate of drug-likeness (QED) is 0.645. The molecule has 0 aliphatic carbocycles. The lowest BCUT2D eigenvalue weighted by Gasteiger charge is -2.22. The number of rotatable bonds is 4. The molecule has 0 radical (unpaired) electrons. The van der Waals surface area contributed by atoms with Crippen LogP contribution in [0, 0.1) is 0 Å². The minimum absolute atomic E-state index is 0.0363. The summed E-state index contributed by atoms with van der Waals surface area (Å²) >= 11 is 0. The van der Waals surface area contributed by atoms with E-state index >= 15 is 0 Å². The molecule has 1 aromatic rings. The van der Waals surface area contributed by atoms with Gasteiger partial charge in [0, 0.05) is 6.07 Å². The zero-order valence-electron chi connectivity index (χ0n) is 12.6. The monoisotopic (exact) mass is 297 g/mol. The highest BCUT2D eigenvalue weighted by atomic mass is 16.6. The Bertz CT molecular complexity index is 574. The fourth-order valence-corrected chi connectivity index (χ4v) is 1.72. The van der Waals surface area contributed by atoms with Crippen molar-refractivity contribution >= 4 is 17.6 Å². The molecule has 0 spiro atoms. The highest BCUT2D eigenvalue weighted by Gasteiger charge is 2.29. The van der Waals surface area contributed by atoms with E-state index in [-0.39, 0.29) is 28.3 Å². The standard InChI is InChI=1S/C14H19NO6/c1-14(2,3)21-13(18)9-10(15)7(12(16)17)6-8(19-4)11(9)20-5/h6H,15H2,1-5H3,(H,16,17). The van der Waals surface area contributed by atoms with E-state index in [0.717, 1.165) is 0 Å². The Kier molecular flexibility index (Phi) is 4.67. The van der Waals surface area contributed by atoms with Crippen molar-refractivity contribution in [3.63, 3.8) is 0 Å². The van der Waals surface area contributed by atoms with Crippen molar-refractivity contribution in [3.05, 3.63) is 17.2 Å². The number of esters is 1. The third-order valence-corrected chi connectivity index (χ3v) is 2.54. The summed E-state index contributed by atoms with van der Waals surface area (Å²) in [5.74, 6) is -1.93. The van der Waals surface area contributed by atoms with E-state index in [0.29, 0.717) is 0 Å². The Morgan fingerprint density at radius 2 is 1.76 bits per heavy atom. The number of methoxy groups -OCH3 is 2. The molecule has 0 aliphatic heterocycles. The van der Waals surface area contributed by atoms with Gasteiger partial charge >= 0.3 is 11.9 Å². The first-order valence-electron chi connectivity index (χ1n) is 6.13. The van der Waals surface area contributed by atoms with Crippen LogP contribution < -0.4 is 15.2 Å². The molecule has 0 unspecified atom stereocenters. The van der Waals surface area contributed by atoms with Gasteiger partial charge in [-0.3, -0.25) is 0 Å². The van der Waals surface area contributed by atoms with Gasteiger partial charge in [-0.05, 0) is 20.8 Å². The Balaban J connectivity index is 3.56. The average Bonchev–Trinajstić information content (AvgIpc) is 2.35. The van der Waals surface area contributed by atoms with Crippen molar-refractivity contribution in [2.45, 2.75) is 26.4 Å². The first-order valence-corrected chi connectivity index (χ1v) is 6.13. The topological polar surface area (TPSA) is 108 Å². The number of nitrogen functional groups attached to an aromatic ring is 1. The third-order valence-electron chi connectivity index (χ3n) is 2.54. The second-order valence-electron chi connectivity index (χ2n) is 5.26. The number of carboxylic acids is 1. The van der Waals surface area contributed by atoms with Crippen LogP contribution in [0.4, 0.5) is 5.69 Å². The summed E-state index contributed by atoms with van der Waals surface area (Å²) in [5.41, 5.74) is 4.38. The highest BCUT2D eigenvalue weighted by Crippen LogP contribution is 2.38. The predicted molar refractivity (Wildman–Crippen MR) is 76.1 cm³/mol. The third kappa shape index (κ3) is 3.56. The summed E-state index contributed by atoms with van der Waals surface area (Å²) in [6.07, 6.45) is 0. The van der Waals surface area contributed by atoms with Gasteiger partial charge in [-0.2, -0.15) is 0 Å². The number of hydrogen-bond donors (Lipinski definition) is 2. The van der Waals surface area contributed by atoms with Crippen LogP contribution in [0.3, 0.4) is 0 Å². The van der Waals surface area contributed by atoms with Gasteiger partial charge in [-0.25, -0.2) is 9.59 Å². The number of ether oxygens (including phenoxy) is 3. The maximum absolute atomic E-state index is 12.3. The van der Waals surface area contributed by atoms with Crippen molar-refractivity contribution in [1.29, 1.82) is 0 Å². The zero-order valence-corrected chi connectivity index (χ0v) is 12.6. The number of aromatic carboxylic acids is 1. The number of anilines is 1. The molecule has 0 aliphatic rings. The van der Waals surface area contributed by atoms with Gasteiger partial charge in [0.15, 0.2) is 11.5 Å². The lowest BCUT2D eigenvalue weighted by Crippen LogP contribution is -2.25. The molecule has 0 fully saturated rings. The molecular weight excluding hydrogens is 278 g/mol. The molecule has 0 aromatic heterocycles. The van der Waals surface area contributed by atoms with Gasteiger partial charge < -0.3 is 25.1 Å². The molecule has 0 atom stereocenters. The summed E-state index contributed by atoms with van der Waals surface area (Å²) in [7, 11) is 2.66. The fraction of sp³-hybridized carbons (Fsp3) is 0.429. The smallest absolute Gasteiger partial charge is 0.344 e. The van der Waals surface area contributed by atoms with Crippen LogP contribution >= 0.6 is 0 Å². The lowest BCUT2D eigenvalue weighted by molar-refractivity contribution is 0.00673. The van der Waals surface area contributed by atoms with Crippen molar-refractivity contribution in [3.8, 4) is 11.5 Å². The number of carbonyl (C=O) groups is 2. The summed E-state index contributed by atoms with van der Waals surface area (Å²) in [6, 6.07) is 1.20. The van der Waals surface area contributed by atoms with E-state index in [4.69, 9.17) is 25.1 Å². The summed E-state index contributed by atoms with van der Waals surface area (Å²) < 4.78 is 15.4.